The number of benzene rings is 2. The maximum absolute atomic E-state index is 12.5. The molecule has 3 saturated carbocycles. The minimum absolute atomic E-state index is 0.183. The third-order valence-corrected chi connectivity index (χ3v) is 8.38. The Kier molecular flexibility index (Phi) is 2.48. The summed E-state index contributed by atoms with van der Waals surface area (Å²) in [4.78, 5) is 25.0. The van der Waals surface area contributed by atoms with Crippen LogP contribution in [0.25, 0.3) is 11.1 Å². The van der Waals surface area contributed by atoms with E-state index in [9.17, 15) is 9.59 Å². The second kappa shape index (κ2) is 4.17. The van der Waals surface area contributed by atoms with Gasteiger partial charge in [-0.25, -0.2) is 0 Å². The van der Waals surface area contributed by atoms with Gasteiger partial charge < -0.3 is 0 Å². The SMILES string of the molecule is O=C1CC23CC(=O)CC24c2cc(Br)ccc2-c2ccc(Br)cc2C34C1. The Hall–Kier alpha value is -1.26. The van der Waals surface area contributed by atoms with Gasteiger partial charge in [0.05, 0.1) is 0 Å². The third kappa shape index (κ3) is 1.33. The van der Waals surface area contributed by atoms with Gasteiger partial charge in [0.25, 0.3) is 0 Å². The summed E-state index contributed by atoms with van der Waals surface area (Å²) in [6, 6.07) is 12.9. The molecule has 124 valence electrons. The molecule has 3 fully saturated rings. The monoisotopic (exact) mass is 456 g/mol. The van der Waals surface area contributed by atoms with E-state index in [1.807, 2.05) is 0 Å². The molecule has 2 aromatic rings. The van der Waals surface area contributed by atoms with Crippen molar-refractivity contribution in [1.82, 2.24) is 0 Å². The van der Waals surface area contributed by atoms with Crippen LogP contribution in [0.3, 0.4) is 0 Å². The normalized spacial score (nSPS) is 36.4. The Morgan fingerprint density at radius 2 is 1.12 bits per heavy atom. The number of hydrogen-bond acceptors (Lipinski definition) is 2. The molecule has 25 heavy (non-hydrogen) atoms. The number of hydrogen-bond donors (Lipinski definition) is 0. The predicted octanol–water partition coefficient (Wildman–Crippen LogP) is 5.09. The van der Waals surface area contributed by atoms with E-state index in [0.29, 0.717) is 37.2 Å². The molecule has 0 bridgehead atoms. The van der Waals surface area contributed by atoms with Crippen molar-refractivity contribution < 1.29 is 9.59 Å². The molecule has 4 aliphatic rings. The molecule has 2 nitrogen and oxygen atoms in total. The highest BCUT2D eigenvalue weighted by Gasteiger charge is 2.93. The number of fused-ring (bicyclic) bond motifs is 3. The average molecular weight is 458 g/mol. The van der Waals surface area contributed by atoms with Crippen molar-refractivity contribution in [3.63, 3.8) is 0 Å². The van der Waals surface area contributed by atoms with E-state index in [1.54, 1.807) is 0 Å². The van der Waals surface area contributed by atoms with Crippen molar-refractivity contribution >= 4 is 43.4 Å². The Morgan fingerprint density at radius 1 is 0.680 bits per heavy atom. The average Bonchev–Trinajstić information content (AvgIpc) is 2.81. The summed E-state index contributed by atoms with van der Waals surface area (Å²) < 4.78 is 2.09. The summed E-state index contributed by atoms with van der Waals surface area (Å²) in [6.45, 7) is 0. The van der Waals surface area contributed by atoms with Crippen LogP contribution in [0.15, 0.2) is 45.3 Å². The second-order valence-electron chi connectivity index (χ2n) is 8.06. The molecule has 0 amide bonds. The van der Waals surface area contributed by atoms with Crippen molar-refractivity contribution in [3.8, 4) is 11.1 Å². The number of rotatable bonds is 0. The van der Waals surface area contributed by atoms with Crippen LogP contribution in [0.1, 0.15) is 36.8 Å². The van der Waals surface area contributed by atoms with E-state index < -0.39 is 0 Å². The van der Waals surface area contributed by atoms with Crippen molar-refractivity contribution in [2.45, 2.75) is 36.5 Å². The van der Waals surface area contributed by atoms with Crippen molar-refractivity contribution in [3.05, 3.63) is 56.5 Å². The lowest BCUT2D eigenvalue weighted by Crippen LogP contribution is -2.31. The van der Waals surface area contributed by atoms with E-state index >= 15 is 0 Å². The van der Waals surface area contributed by atoms with Crippen molar-refractivity contribution in [2.75, 3.05) is 0 Å². The first kappa shape index (κ1) is 14.9. The van der Waals surface area contributed by atoms with Gasteiger partial charge in [0, 0.05) is 50.9 Å². The first-order valence-corrected chi connectivity index (χ1v) is 10.2. The summed E-state index contributed by atoms with van der Waals surface area (Å²) in [5.74, 6) is 0.629. The maximum Gasteiger partial charge on any atom is 0.134 e. The highest BCUT2D eigenvalue weighted by molar-refractivity contribution is 9.10. The fourth-order valence-electron chi connectivity index (χ4n) is 6.92. The molecule has 0 radical (unpaired) electrons. The van der Waals surface area contributed by atoms with Gasteiger partial charge in [0.15, 0.2) is 0 Å². The lowest BCUT2D eigenvalue weighted by molar-refractivity contribution is -0.119. The van der Waals surface area contributed by atoms with Crippen molar-refractivity contribution in [2.24, 2.45) is 5.41 Å². The summed E-state index contributed by atoms with van der Waals surface area (Å²) in [7, 11) is 0. The van der Waals surface area contributed by atoms with Gasteiger partial charge in [0.2, 0.25) is 0 Å². The third-order valence-electron chi connectivity index (χ3n) is 7.40. The molecule has 0 saturated heterocycles. The van der Waals surface area contributed by atoms with Crippen LogP contribution in [0.5, 0.6) is 0 Å². The molecule has 0 aliphatic heterocycles. The molecule has 0 aromatic heterocycles. The first-order chi connectivity index (χ1) is 11.9. The zero-order valence-corrected chi connectivity index (χ0v) is 16.5. The molecule has 6 rings (SSSR count). The molecule has 2 atom stereocenters. The predicted molar refractivity (Wildman–Crippen MR) is 102 cm³/mol. The zero-order chi connectivity index (χ0) is 17.2. The number of Topliss-reactive ketones (excluding diaryl/α,β-unsaturated/α-hetero) is 2. The van der Waals surface area contributed by atoms with Crippen LogP contribution in [-0.4, -0.2) is 11.6 Å². The Labute approximate surface area is 162 Å². The highest BCUT2D eigenvalue weighted by Crippen LogP contribution is 2.92. The van der Waals surface area contributed by atoms with Gasteiger partial charge in [-0.05, 0) is 46.5 Å². The Bertz CT molecular complexity index is 957. The van der Waals surface area contributed by atoms with Crippen LogP contribution in [0.4, 0.5) is 0 Å². The van der Waals surface area contributed by atoms with Gasteiger partial charge in [-0.15, -0.1) is 0 Å². The molecular weight excluding hydrogens is 444 g/mol. The highest BCUT2D eigenvalue weighted by atomic mass is 79.9. The lowest BCUT2D eigenvalue weighted by atomic mass is 9.68. The van der Waals surface area contributed by atoms with E-state index in [-0.39, 0.29) is 16.2 Å². The number of halogens is 2. The molecule has 3 spiro atoms. The smallest absolute Gasteiger partial charge is 0.134 e. The van der Waals surface area contributed by atoms with E-state index in [0.717, 1.165) is 8.95 Å². The lowest BCUT2D eigenvalue weighted by Gasteiger charge is -2.34. The van der Waals surface area contributed by atoms with Gasteiger partial charge in [-0.2, -0.15) is 0 Å². The summed E-state index contributed by atoms with van der Waals surface area (Å²) in [5, 5.41) is 0. The van der Waals surface area contributed by atoms with Gasteiger partial charge >= 0.3 is 0 Å². The molecule has 0 heterocycles. The molecular formula is C21H14Br2O2. The first-order valence-electron chi connectivity index (χ1n) is 8.59. The fraction of sp³-hybridized carbons (Fsp3) is 0.333. The topological polar surface area (TPSA) is 34.1 Å². The number of carbonyl (C=O) groups is 2. The molecule has 4 heteroatoms. The number of carbonyl (C=O) groups excluding carboxylic acids is 2. The van der Waals surface area contributed by atoms with Crippen LogP contribution in [-0.2, 0) is 20.4 Å². The molecule has 4 aliphatic carbocycles. The van der Waals surface area contributed by atoms with Crippen molar-refractivity contribution in [1.29, 1.82) is 0 Å². The van der Waals surface area contributed by atoms with Gasteiger partial charge in [-0.3, -0.25) is 9.59 Å². The van der Waals surface area contributed by atoms with E-state index in [2.05, 4.69) is 68.3 Å². The van der Waals surface area contributed by atoms with Crippen LogP contribution in [0, 0.1) is 5.41 Å². The van der Waals surface area contributed by atoms with E-state index in [1.165, 1.54) is 22.3 Å². The summed E-state index contributed by atoms with van der Waals surface area (Å²) >= 11 is 7.25. The Balaban J connectivity index is 1.78. The second-order valence-corrected chi connectivity index (χ2v) is 9.89. The summed E-state index contributed by atoms with van der Waals surface area (Å²) in [6.07, 6.45) is 2.26. The fourth-order valence-corrected chi connectivity index (χ4v) is 7.64. The molecule has 0 N–H and O–H groups in total. The number of ketones is 2. The van der Waals surface area contributed by atoms with Crippen LogP contribution in [0.2, 0.25) is 0 Å². The largest absolute Gasteiger partial charge is 0.300 e. The quantitative estimate of drug-likeness (QED) is 0.551. The minimum atomic E-state index is -0.199. The Morgan fingerprint density at radius 3 is 1.56 bits per heavy atom. The van der Waals surface area contributed by atoms with Crippen LogP contribution < -0.4 is 0 Å². The summed E-state index contributed by atoms with van der Waals surface area (Å²) in [5.41, 5.74) is 4.44. The standard InChI is InChI=1S/C21H14Br2O2/c22-11-1-3-15-16-4-2-12(23)6-18(16)21-10-14(25)8-19(21)7-13(24)9-20(19,21)17(15)5-11/h1-6H,7-10H2. The molecule has 2 unspecified atom stereocenters. The van der Waals surface area contributed by atoms with Gasteiger partial charge in [0.1, 0.15) is 11.6 Å². The van der Waals surface area contributed by atoms with Crippen LogP contribution >= 0.6 is 31.9 Å². The molecule has 2 aromatic carbocycles. The maximum atomic E-state index is 12.5. The zero-order valence-electron chi connectivity index (χ0n) is 13.4. The van der Waals surface area contributed by atoms with E-state index in [4.69, 9.17) is 0 Å². The van der Waals surface area contributed by atoms with Gasteiger partial charge in [-0.1, -0.05) is 44.0 Å². The minimum Gasteiger partial charge on any atom is -0.300 e.